The van der Waals surface area contributed by atoms with Gasteiger partial charge in [-0.1, -0.05) is 31.2 Å². The van der Waals surface area contributed by atoms with Crippen molar-refractivity contribution in [1.82, 2.24) is 10.2 Å². The van der Waals surface area contributed by atoms with E-state index >= 15 is 0 Å². The molecule has 9 heteroatoms. The van der Waals surface area contributed by atoms with Gasteiger partial charge < -0.3 is 15.0 Å². The second kappa shape index (κ2) is 11.7. The third kappa shape index (κ3) is 7.49. The Bertz CT molecular complexity index is 1050. The number of hydrogen-bond donors (Lipinski definition) is 1. The van der Waals surface area contributed by atoms with Crippen LogP contribution in [0.4, 0.5) is 5.69 Å². The van der Waals surface area contributed by atoms with E-state index < -0.39 is 28.5 Å². The Morgan fingerprint density at radius 1 is 1.12 bits per heavy atom. The lowest BCUT2D eigenvalue weighted by atomic mass is 10.1. The monoisotopic (exact) mass is 475 g/mol. The first-order chi connectivity index (χ1) is 15.6. The highest BCUT2D eigenvalue weighted by Crippen LogP contribution is 2.20. The van der Waals surface area contributed by atoms with Gasteiger partial charge in [0, 0.05) is 13.1 Å². The lowest BCUT2D eigenvalue weighted by molar-refractivity contribution is -0.139. The van der Waals surface area contributed by atoms with Gasteiger partial charge in [-0.05, 0) is 55.7 Å². The van der Waals surface area contributed by atoms with Crippen LogP contribution in [-0.2, 0) is 26.2 Å². The number of ether oxygens (including phenoxy) is 1. The Balaban J connectivity index is 2.36. The maximum Gasteiger partial charge on any atom is 0.244 e. The summed E-state index contributed by atoms with van der Waals surface area (Å²) in [6.45, 7) is 5.66. The second-order valence-corrected chi connectivity index (χ2v) is 9.85. The van der Waals surface area contributed by atoms with Crippen LogP contribution < -0.4 is 14.4 Å². The van der Waals surface area contributed by atoms with Gasteiger partial charge in [0.25, 0.3) is 0 Å². The lowest BCUT2D eigenvalue weighted by Crippen LogP contribution is -2.51. The van der Waals surface area contributed by atoms with E-state index in [1.165, 1.54) is 4.90 Å². The van der Waals surface area contributed by atoms with Gasteiger partial charge in [-0.25, -0.2) is 8.42 Å². The van der Waals surface area contributed by atoms with Crippen molar-refractivity contribution in [3.05, 3.63) is 59.7 Å². The summed E-state index contributed by atoms with van der Waals surface area (Å²) in [5, 5.41) is 2.81. The van der Waals surface area contributed by atoms with Crippen LogP contribution in [0.1, 0.15) is 31.4 Å². The van der Waals surface area contributed by atoms with E-state index in [9.17, 15) is 18.0 Å². The number of anilines is 1. The molecule has 1 unspecified atom stereocenters. The number of nitrogens with one attached hydrogen (secondary N) is 1. The number of carbonyl (C=O) groups is 2. The molecule has 0 aliphatic heterocycles. The molecular weight excluding hydrogens is 442 g/mol. The van der Waals surface area contributed by atoms with Gasteiger partial charge in [0.1, 0.15) is 18.3 Å². The Hall–Kier alpha value is -3.07. The number of hydrogen-bond acceptors (Lipinski definition) is 5. The standard InChI is InChI=1S/C24H33N3O5S/c1-6-14-25-24(29)19(3)26(16-20-10-12-22(32-4)13-11-20)23(28)17-27(33(5,30)31)21-9-7-8-18(2)15-21/h7-13,15,19H,6,14,16-17H2,1-5H3,(H,25,29). The van der Waals surface area contributed by atoms with Crippen molar-refractivity contribution in [2.45, 2.75) is 39.8 Å². The minimum absolute atomic E-state index is 0.148. The zero-order valence-electron chi connectivity index (χ0n) is 19.9. The average Bonchev–Trinajstić information content (AvgIpc) is 2.78. The van der Waals surface area contributed by atoms with Crippen LogP contribution in [0, 0.1) is 6.92 Å². The van der Waals surface area contributed by atoms with E-state index in [0.717, 1.165) is 28.1 Å². The highest BCUT2D eigenvalue weighted by molar-refractivity contribution is 7.92. The minimum atomic E-state index is -3.74. The maximum atomic E-state index is 13.4. The highest BCUT2D eigenvalue weighted by Gasteiger charge is 2.30. The van der Waals surface area contributed by atoms with E-state index in [2.05, 4.69) is 5.32 Å². The maximum absolute atomic E-state index is 13.4. The lowest BCUT2D eigenvalue weighted by Gasteiger charge is -2.31. The summed E-state index contributed by atoms with van der Waals surface area (Å²) in [7, 11) is -2.17. The van der Waals surface area contributed by atoms with Gasteiger partial charge in [-0.15, -0.1) is 0 Å². The Kier molecular flexibility index (Phi) is 9.28. The molecule has 0 heterocycles. The average molecular weight is 476 g/mol. The van der Waals surface area contributed by atoms with E-state index in [1.54, 1.807) is 44.4 Å². The Morgan fingerprint density at radius 2 is 1.79 bits per heavy atom. The molecule has 0 spiro atoms. The smallest absolute Gasteiger partial charge is 0.244 e. The van der Waals surface area contributed by atoms with Gasteiger partial charge in [0.15, 0.2) is 0 Å². The molecular formula is C24H33N3O5S. The first kappa shape index (κ1) is 26.2. The molecule has 0 aliphatic rings. The highest BCUT2D eigenvalue weighted by atomic mass is 32.2. The van der Waals surface area contributed by atoms with E-state index in [-0.39, 0.29) is 12.5 Å². The van der Waals surface area contributed by atoms with Crippen LogP contribution in [-0.4, -0.2) is 57.6 Å². The molecule has 33 heavy (non-hydrogen) atoms. The minimum Gasteiger partial charge on any atom is -0.497 e. The number of nitrogens with zero attached hydrogens (tertiary/aromatic N) is 2. The van der Waals surface area contributed by atoms with Gasteiger partial charge in [0.05, 0.1) is 19.1 Å². The van der Waals surface area contributed by atoms with Crippen LogP contribution in [0.25, 0.3) is 0 Å². The van der Waals surface area contributed by atoms with Crippen LogP contribution in [0.2, 0.25) is 0 Å². The van der Waals surface area contributed by atoms with Crippen molar-refractivity contribution in [2.75, 3.05) is 30.8 Å². The number of benzene rings is 2. The van der Waals surface area contributed by atoms with Crippen molar-refractivity contribution in [3.8, 4) is 5.75 Å². The molecule has 2 aromatic rings. The van der Waals surface area contributed by atoms with Crippen LogP contribution >= 0.6 is 0 Å². The summed E-state index contributed by atoms with van der Waals surface area (Å²) < 4.78 is 31.3. The summed E-state index contributed by atoms with van der Waals surface area (Å²) in [5.41, 5.74) is 2.06. The van der Waals surface area contributed by atoms with Crippen LogP contribution in [0.3, 0.4) is 0 Å². The molecule has 2 amide bonds. The summed E-state index contributed by atoms with van der Waals surface area (Å²) in [6, 6.07) is 13.3. The number of amides is 2. The topological polar surface area (TPSA) is 96.0 Å². The predicted molar refractivity (Wildman–Crippen MR) is 130 cm³/mol. The Labute approximate surface area is 196 Å². The molecule has 0 radical (unpaired) electrons. The molecule has 2 aromatic carbocycles. The van der Waals surface area contributed by atoms with Crippen LogP contribution in [0.15, 0.2) is 48.5 Å². The van der Waals surface area contributed by atoms with E-state index in [0.29, 0.717) is 18.0 Å². The van der Waals surface area contributed by atoms with Gasteiger partial charge >= 0.3 is 0 Å². The third-order valence-corrected chi connectivity index (χ3v) is 6.34. The first-order valence-corrected chi connectivity index (χ1v) is 12.7. The van der Waals surface area contributed by atoms with E-state index in [1.807, 2.05) is 32.0 Å². The zero-order valence-corrected chi connectivity index (χ0v) is 20.7. The van der Waals surface area contributed by atoms with Gasteiger partial charge in [0.2, 0.25) is 21.8 Å². The van der Waals surface area contributed by atoms with E-state index in [4.69, 9.17) is 4.74 Å². The quantitative estimate of drug-likeness (QED) is 0.539. The number of carbonyl (C=O) groups excluding carboxylic acids is 2. The summed E-state index contributed by atoms with van der Waals surface area (Å²) >= 11 is 0. The summed E-state index contributed by atoms with van der Waals surface area (Å²) in [5.74, 6) is -0.0925. The molecule has 0 aromatic heterocycles. The molecule has 0 bridgehead atoms. The number of sulfonamides is 1. The number of aryl methyl sites for hydroxylation is 1. The molecule has 0 saturated heterocycles. The normalized spacial score (nSPS) is 12.0. The number of rotatable bonds is 11. The van der Waals surface area contributed by atoms with Crippen molar-refractivity contribution < 1.29 is 22.7 Å². The fraction of sp³-hybridized carbons (Fsp3) is 0.417. The molecule has 8 nitrogen and oxygen atoms in total. The SMILES string of the molecule is CCCNC(=O)C(C)N(Cc1ccc(OC)cc1)C(=O)CN(c1cccc(C)c1)S(C)(=O)=O. The first-order valence-electron chi connectivity index (χ1n) is 10.8. The van der Waals surface area contributed by atoms with Crippen molar-refractivity contribution in [2.24, 2.45) is 0 Å². The summed E-state index contributed by atoms with van der Waals surface area (Å²) in [6.07, 6.45) is 1.83. The largest absolute Gasteiger partial charge is 0.497 e. The molecule has 0 fully saturated rings. The van der Waals surface area contributed by atoms with Crippen molar-refractivity contribution in [1.29, 1.82) is 0 Å². The summed E-state index contributed by atoms with van der Waals surface area (Å²) in [4.78, 5) is 27.5. The molecule has 180 valence electrons. The molecule has 1 atom stereocenters. The fourth-order valence-corrected chi connectivity index (χ4v) is 4.14. The van der Waals surface area contributed by atoms with Gasteiger partial charge in [-0.2, -0.15) is 0 Å². The zero-order chi connectivity index (χ0) is 24.6. The number of methoxy groups -OCH3 is 1. The third-order valence-electron chi connectivity index (χ3n) is 5.20. The molecule has 2 rings (SSSR count). The van der Waals surface area contributed by atoms with Crippen molar-refractivity contribution in [3.63, 3.8) is 0 Å². The molecule has 1 N–H and O–H groups in total. The van der Waals surface area contributed by atoms with Gasteiger partial charge in [-0.3, -0.25) is 13.9 Å². The van der Waals surface area contributed by atoms with Crippen LogP contribution in [0.5, 0.6) is 5.75 Å². The van der Waals surface area contributed by atoms with Crippen molar-refractivity contribution >= 4 is 27.5 Å². The Morgan fingerprint density at radius 3 is 2.33 bits per heavy atom. The molecule has 0 aliphatic carbocycles. The second-order valence-electron chi connectivity index (χ2n) is 7.95. The fourth-order valence-electron chi connectivity index (χ4n) is 3.30. The predicted octanol–water partition coefficient (Wildman–Crippen LogP) is 2.71. The molecule has 0 saturated carbocycles.